The highest BCUT2D eigenvalue weighted by Crippen LogP contribution is 2.15. The summed E-state index contributed by atoms with van der Waals surface area (Å²) in [6, 6.07) is 12.0. The molecule has 2 aromatic rings. The first-order valence-corrected chi connectivity index (χ1v) is 8.23. The molecule has 0 spiro atoms. The zero-order chi connectivity index (χ0) is 16.5. The number of pyridine rings is 1. The van der Waals surface area contributed by atoms with Crippen molar-refractivity contribution >= 4 is 35.1 Å². The van der Waals surface area contributed by atoms with E-state index in [1.165, 1.54) is 0 Å². The third-order valence-electron chi connectivity index (χ3n) is 2.89. The molecule has 3 amide bonds. The van der Waals surface area contributed by atoms with Crippen LogP contribution in [0.4, 0.5) is 16.2 Å². The Kier molecular flexibility index (Phi) is 6.43. The summed E-state index contributed by atoms with van der Waals surface area (Å²) in [5.41, 5.74) is 7.30. The maximum atomic E-state index is 11.9. The van der Waals surface area contributed by atoms with Gasteiger partial charge in [0.15, 0.2) is 0 Å². The van der Waals surface area contributed by atoms with Crippen molar-refractivity contribution in [3.05, 3.63) is 54.4 Å². The lowest BCUT2D eigenvalue weighted by molar-refractivity contribution is -0.115. The van der Waals surface area contributed by atoms with Gasteiger partial charge in [-0.1, -0.05) is 6.07 Å². The number of hydrogen-bond donors (Lipinski definition) is 3. The molecule has 120 valence electrons. The Balaban J connectivity index is 1.69. The van der Waals surface area contributed by atoms with Crippen LogP contribution in [0.5, 0.6) is 0 Å². The minimum atomic E-state index is -0.619. The summed E-state index contributed by atoms with van der Waals surface area (Å²) >= 11 is 1.67. The molecule has 2 rings (SSSR count). The van der Waals surface area contributed by atoms with Gasteiger partial charge >= 0.3 is 6.03 Å². The van der Waals surface area contributed by atoms with Crippen LogP contribution in [0, 0.1) is 0 Å². The number of carbonyl (C=O) groups excluding carboxylic acids is 2. The number of primary amides is 1. The monoisotopic (exact) mass is 330 g/mol. The summed E-state index contributed by atoms with van der Waals surface area (Å²) < 4.78 is 0. The second-order valence-corrected chi connectivity index (χ2v) is 5.84. The van der Waals surface area contributed by atoms with Crippen molar-refractivity contribution in [2.75, 3.05) is 16.4 Å². The van der Waals surface area contributed by atoms with Crippen LogP contribution in [0.1, 0.15) is 12.1 Å². The van der Waals surface area contributed by atoms with Gasteiger partial charge in [0.2, 0.25) is 5.91 Å². The maximum Gasteiger partial charge on any atom is 0.316 e. The number of amides is 3. The molecule has 7 heteroatoms. The van der Waals surface area contributed by atoms with Crippen molar-refractivity contribution in [1.29, 1.82) is 0 Å². The number of nitrogens with zero attached hydrogens (tertiary/aromatic N) is 1. The molecule has 0 bridgehead atoms. The van der Waals surface area contributed by atoms with Gasteiger partial charge in [-0.25, -0.2) is 4.79 Å². The number of thioether (sulfide) groups is 1. The van der Waals surface area contributed by atoms with Gasteiger partial charge in [0.05, 0.1) is 5.69 Å². The van der Waals surface area contributed by atoms with E-state index in [0.717, 1.165) is 17.2 Å². The van der Waals surface area contributed by atoms with Crippen LogP contribution in [-0.2, 0) is 10.5 Å². The van der Waals surface area contributed by atoms with Gasteiger partial charge in [0.25, 0.3) is 0 Å². The predicted octanol–water partition coefficient (Wildman–Crippen LogP) is 2.83. The topological polar surface area (TPSA) is 97.1 Å². The van der Waals surface area contributed by atoms with E-state index in [1.807, 2.05) is 18.2 Å². The molecule has 0 saturated carbocycles. The van der Waals surface area contributed by atoms with Crippen LogP contribution in [0.2, 0.25) is 0 Å². The van der Waals surface area contributed by atoms with Crippen molar-refractivity contribution in [1.82, 2.24) is 4.98 Å². The third kappa shape index (κ3) is 6.39. The van der Waals surface area contributed by atoms with Crippen LogP contribution in [0.3, 0.4) is 0 Å². The summed E-state index contributed by atoms with van der Waals surface area (Å²) in [5.74, 6) is 1.47. The molecule has 1 aromatic heterocycles. The fourth-order valence-corrected chi connectivity index (χ4v) is 2.68. The molecule has 4 N–H and O–H groups in total. The van der Waals surface area contributed by atoms with Gasteiger partial charge in [-0.3, -0.25) is 9.78 Å². The number of rotatable bonds is 7. The SMILES string of the molecule is NC(=O)Nc1ccc(NC(=O)CCSCc2ccccn2)cc1. The molecule has 1 aromatic carbocycles. The molecule has 6 nitrogen and oxygen atoms in total. The number of aromatic nitrogens is 1. The first kappa shape index (κ1) is 16.8. The molecule has 0 unspecified atom stereocenters. The zero-order valence-corrected chi connectivity index (χ0v) is 13.3. The van der Waals surface area contributed by atoms with E-state index in [9.17, 15) is 9.59 Å². The lowest BCUT2D eigenvalue weighted by Gasteiger charge is -2.07. The normalized spacial score (nSPS) is 10.1. The molecular formula is C16H18N4O2S. The lowest BCUT2D eigenvalue weighted by Crippen LogP contribution is -2.19. The van der Waals surface area contributed by atoms with Gasteiger partial charge in [-0.15, -0.1) is 0 Å². The lowest BCUT2D eigenvalue weighted by atomic mass is 10.2. The van der Waals surface area contributed by atoms with Crippen LogP contribution < -0.4 is 16.4 Å². The van der Waals surface area contributed by atoms with Crippen molar-refractivity contribution in [3.63, 3.8) is 0 Å². The molecule has 0 aliphatic carbocycles. The highest BCUT2D eigenvalue weighted by Gasteiger charge is 2.03. The fraction of sp³-hybridized carbons (Fsp3) is 0.188. The Morgan fingerprint density at radius 3 is 2.35 bits per heavy atom. The number of nitrogens with two attached hydrogens (primary N) is 1. The van der Waals surface area contributed by atoms with Crippen molar-refractivity contribution in [3.8, 4) is 0 Å². The number of benzene rings is 1. The smallest absolute Gasteiger partial charge is 0.316 e. The quantitative estimate of drug-likeness (QED) is 0.680. The third-order valence-corrected chi connectivity index (χ3v) is 3.88. The van der Waals surface area contributed by atoms with Crippen LogP contribution in [0.25, 0.3) is 0 Å². The minimum Gasteiger partial charge on any atom is -0.351 e. The molecule has 0 fully saturated rings. The molecule has 0 atom stereocenters. The first-order valence-electron chi connectivity index (χ1n) is 7.07. The Morgan fingerprint density at radius 2 is 1.74 bits per heavy atom. The first-order chi connectivity index (χ1) is 11.1. The highest BCUT2D eigenvalue weighted by molar-refractivity contribution is 7.98. The number of hydrogen-bond acceptors (Lipinski definition) is 4. The van der Waals surface area contributed by atoms with Crippen molar-refractivity contribution in [2.24, 2.45) is 5.73 Å². The van der Waals surface area contributed by atoms with Gasteiger partial charge in [-0.05, 0) is 36.4 Å². The van der Waals surface area contributed by atoms with Gasteiger partial charge in [0.1, 0.15) is 0 Å². The zero-order valence-electron chi connectivity index (χ0n) is 12.5. The number of nitrogens with one attached hydrogen (secondary N) is 2. The fourth-order valence-electron chi connectivity index (χ4n) is 1.83. The summed E-state index contributed by atoms with van der Waals surface area (Å²) in [6.07, 6.45) is 2.19. The van der Waals surface area contributed by atoms with Gasteiger partial charge in [0, 0.05) is 35.5 Å². The van der Waals surface area contributed by atoms with E-state index >= 15 is 0 Å². The van der Waals surface area contributed by atoms with Crippen LogP contribution in [-0.4, -0.2) is 22.7 Å². The second kappa shape index (κ2) is 8.79. The van der Waals surface area contributed by atoms with E-state index < -0.39 is 6.03 Å². The highest BCUT2D eigenvalue weighted by atomic mass is 32.2. The van der Waals surface area contributed by atoms with E-state index in [0.29, 0.717) is 17.8 Å². The average Bonchev–Trinajstić information content (AvgIpc) is 2.54. The number of urea groups is 1. The summed E-state index contributed by atoms with van der Waals surface area (Å²) in [4.78, 5) is 26.8. The molecule has 0 aliphatic rings. The molecule has 23 heavy (non-hydrogen) atoms. The largest absolute Gasteiger partial charge is 0.351 e. The minimum absolute atomic E-state index is 0.0471. The van der Waals surface area contributed by atoms with Crippen LogP contribution in [0.15, 0.2) is 48.7 Å². The van der Waals surface area contributed by atoms with E-state index in [-0.39, 0.29) is 5.91 Å². The number of carbonyl (C=O) groups is 2. The van der Waals surface area contributed by atoms with E-state index in [2.05, 4.69) is 15.6 Å². The van der Waals surface area contributed by atoms with E-state index in [4.69, 9.17) is 5.73 Å². The predicted molar refractivity (Wildman–Crippen MR) is 93.3 cm³/mol. The Labute approximate surface area is 138 Å². The Bertz CT molecular complexity index is 647. The van der Waals surface area contributed by atoms with Gasteiger partial charge < -0.3 is 16.4 Å². The summed E-state index contributed by atoms with van der Waals surface area (Å²) in [6.45, 7) is 0. The number of anilines is 2. The second-order valence-electron chi connectivity index (χ2n) is 4.74. The molecule has 1 heterocycles. The average molecular weight is 330 g/mol. The van der Waals surface area contributed by atoms with Crippen molar-refractivity contribution < 1.29 is 9.59 Å². The van der Waals surface area contributed by atoms with E-state index in [1.54, 1.807) is 42.2 Å². The summed E-state index contributed by atoms with van der Waals surface area (Å²) in [7, 11) is 0. The Morgan fingerprint density at radius 1 is 1.04 bits per heavy atom. The molecular weight excluding hydrogens is 312 g/mol. The molecule has 0 saturated heterocycles. The Hall–Kier alpha value is -2.54. The van der Waals surface area contributed by atoms with Crippen LogP contribution >= 0.6 is 11.8 Å². The standard InChI is InChI=1S/C16H18N4O2S/c17-16(22)20-13-6-4-12(5-7-13)19-15(21)8-10-23-11-14-3-1-2-9-18-14/h1-7,9H,8,10-11H2,(H,19,21)(H3,17,20,22). The summed E-state index contributed by atoms with van der Waals surface area (Å²) in [5, 5.41) is 5.27. The van der Waals surface area contributed by atoms with Gasteiger partial charge in [-0.2, -0.15) is 11.8 Å². The molecule has 0 radical (unpaired) electrons. The van der Waals surface area contributed by atoms with Crippen molar-refractivity contribution in [2.45, 2.75) is 12.2 Å². The molecule has 0 aliphatic heterocycles. The maximum absolute atomic E-state index is 11.9.